The van der Waals surface area contributed by atoms with Gasteiger partial charge in [0.05, 0.1) is 15.7 Å². The molecule has 2 heterocycles. The van der Waals surface area contributed by atoms with E-state index in [4.69, 9.17) is 23.2 Å². The normalized spacial score (nSPS) is 15.5. The second kappa shape index (κ2) is 8.80. The van der Waals surface area contributed by atoms with Crippen molar-refractivity contribution in [2.45, 2.75) is 11.3 Å². The lowest BCUT2D eigenvalue weighted by molar-refractivity contribution is 0.384. The van der Waals surface area contributed by atoms with Gasteiger partial charge in [0, 0.05) is 38.0 Å². The van der Waals surface area contributed by atoms with Gasteiger partial charge >= 0.3 is 0 Å². The van der Waals surface area contributed by atoms with Crippen molar-refractivity contribution in [2.24, 2.45) is 0 Å². The molecule has 0 amide bonds. The lowest BCUT2D eigenvalue weighted by atomic mass is 10.1. The molecule has 1 aliphatic heterocycles. The van der Waals surface area contributed by atoms with E-state index in [1.807, 2.05) is 5.38 Å². The van der Waals surface area contributed by atoms with Crippen molar-refractivity contribution >= 4 is 49.7 Å². The van der Waals surface area contributed by atoms with E-state index in [1.165, 1.54) is 27.8 Å². The highest BCUT2D eigenvalue weighted by Crippen LogP contribution is 2.28. The summed E-state index contributed by atoms with van der Waals surface area (Å²) in [6.07, 6.45) is 0.553. The van der Waals surface area contributed by atoms with Gasteiger partial charge in [0.15, 0.2) is 5.13 Å². The third kappa shape index (κ3) is 4.48. The number of aromatic nitrogens is 1. The van der Waals surface area contributed by atoms with E-state index in [0.29, 0.717) is 32.6 Å². The number of hydrogen-bond donors (Lipinski definition) is 0. The van der Waals surface area contributed by atoms with Crippen LogP contribution in [0.3, 0.4) is 0 Å². The van der Waals surface area contributed by atoms with Gasteiger partial charge in [-0.1, -0.05) is 41.4 Å². The predicted octanol–water partition coefficient (Wildman–Crippen LogP) is 4.69. The molecule has 1 saturated heterocycles. The topological polar surface area (TPSA) is 53.5 Å². The zero-order valence-corrected chi connectivity index (χ0v) is 18.9. The Kier molecular flexibility index (Phi) is 6.31. The Morgan fingerprint density at radius 2 is 1.77 bits per heavy atom. The first kappa shape index (κ1) is 21.5. The maximum atomic E-state index is 13.3. The van der Waals surface area contributed by atoms with Crippen LogP contribution in [-0.4, -0.2) is 43.9 Å². The van der Waals surface area contributed by atoms with Gasteiger partial charge in [0.1, 0.15) is 10.7 Å². The van der Waals surface area contributed by atoms with Crippen molar-refractivity contribution in [1.82, 2.24) is 9.29 Å². The molecule has 0 spiro atoms. The van der Waals surface area contributed by atoms with Crippen LogP contribution in [0.4, 0.5) is 9.52 Å². The molecule has 158 valence electrons. The summed E-state index contributed by atoms with van der Waals surface area (Å²) in [7, 11) is -3.63. The van der Waals surface area contributed by atoms with E-state index in [1.54, 1.807) is 30.3 Å². The summed E-state index contributed by atoms with van der Waals surface area (Å²) >= 11 is 13.4. The lowest BCUT2D eigenvalue weighted by Crippen LogP contribution is -2.48. The van der Waals surface area contributed by atoms with Crippen molar-refractivity contribution in [3.8, 4) is 0 Å². The summed E-state index contributed by atoms with van der Waals surface area (Å²) in [4.78, 5) is 6.87. The molecule has 3 aromatic rings. The number of hydrogen-bond acceptors (Lipinski definition) is 5. The van der Waals surface area contributed by atoms with Crippen LogP contribution >= 0.6 is 34.5 Å². The van der Waals surface area contributed by atoms with Gasteiger partial charge in [0.25, 0.3) is 0 Å². The molecular weight excluding hydrogens is 468 g/mol. The van der Waals surface area contributed by atoms with Crippen molar-refractivity contribution in [1.29, 1.82) is 0 Å². The zero-order valence-electron chi connectivity index (χ0n) is 15.8. The standard InChI is InChI=1S/C20H18Cl2FN3O2S2/c21-16-3-1-2-4-19(16)30(27,28)26-9-7-25(8-10-26)20-24-15(13-29-20)11-14-5-6-18(23)17(22)12-14/h1-6,12-13H,7-11H2. The molecule has 5 nitrogen and oxygen atoms in total. The Hall–Kier alpha value is -1.71. The zero-order chi connectivity index (χ0) is 21.3. The Morgan fingerprint density at radius 3 is 2.47 bits per heavy atom. The molecule has 0 unspecified atom stereocenters. The van der Waals surface area contributed by atoms with Gasteiger partial charge in [0.2, 0.25) is 10.0 Å². The number of anilines is 1. The molecule has 1 aliphatic rings. The quantitative estimate of drug-likeness (QED) is 0.525. The van der Waals surface area contributed by atoms with Gasteiger partial charge in [-0.05, 0) is 29.8 Å². The number of nitrogens with zero attached hydrogens (tertiary/aromatic N) is 3. The number of halogens is 3. The van der Waals surface area contributed by atoms with Crippen molar-refractivity contribution in [3.63, 3.8) is 0 Å². The van der Waals surface area contributed by atoms with Crippen LogP contribution < -0.4 is 4.90 Å². The summed E-state index contributed by atoms with van der Waals surface area (Å²) in [5, 5.41) is 3.12. The molecule has 0 atom stereocenters. The molecule has 10 heteroatoms. The highest BCUT2D eigenvalue weighted by Gasteiger charge is 2.30. The Labute approximate surface area is 188 Å². The Bertz CT molecular complexity index is 1160. The average Bonchev–Trinajstić information content (AvgIpc) is 3.19. The first-order valence-electron chi connectivity index (χ1n) is 9.22. The number of rotatable bonds is 5. The van der Waals surface area contributed by atoms with Crippen LogP contribution in [0.2, 0.25) is 10.0 Å². The third-order valence-corrected chi connectivity index (χ3v) is 8.51. The van der Waals surface area contributed by atoms with E-state index in [0.717, 1.165) is 16.4 Å². The van der Waals surface area contributed by atoms with Gasteiger partial charge in [-0.25, -0.2) is 17.8 Å². The summed E-state index contributed by atoms with van der Waals surface area (Å²) in [5.74, 6) is -0.441. The molecule has 2 aromatic carbocycles. The van der Waals surface area contributed by atoms with Gasteiger partial charge in [-0.3, -0.25) is 0 Å². The minimum absolute atomic E-state index is 0.0961. The molecule has 4 rings (SSSR count). The summed E-state index contributed by atoms with van der Waals surface area (Å²) in [6, 6.07) is 11.1. The molecule has 0 radical (unpaired) electrons. The van der Waals surface area contributed by atoms with Crippen molar-refractivity contribution in [3.05, 3.63) is 75.0 Å². The molecule has 0 aliphatic carbocycles. The van der Waals surface area contributed by atoms with Crippen LogP contribution in [0, 0.1) is 5.82 Å². The van der Waals surface area contributed by atoms with E-state index in [-0.39, 0.29) is 14.9 Å². The maximum Gasteiger partial charge on any atom is 0.244 e. The van der Waals surface area contributed by atoms with Gasteiger partial charge in [-0.15, -0.1) is 11.3 Å². The smallest absolute Gasteiger partial charge is 0.244 e. The molecular formula is C20H18Cl2FN3O2S2. The second-order valence-corrected chi connectivity index (χ2v) is 10.4. The van der Waals surface area contributed by atoms with Crippen LogP contribution in [0.25, 0.3) is 0 Å². The van der Waals surface area contributed by atoms with E-state index >= 15 is 0 Å². The van der Waals surface area contributed by atoms with Gasteiger partial charge < -0.3 is 4.90 Å². The van der Waals surface area contributed by atoms with Crippen LogP contribution in [0.5, 0.6) is 0 Å². The Morgan fingerprint density at radius 1 is 1.03 bits per heavy atom. The molecule has 0 bridgehead atoms. The summed E-state index contributed by atoms with van der Waals surface area (Å²) in [6.45, 7) is 1.80. The third-order valence-electron chi connectivity index (χ3n) is 4.87. The maximum absolute atomic E-state index is 13.3. The van der Waals surface area contributed by atoms with Gasteiger partial charge in [-0.2, -0.15) is 4.31 Å². The minimum Gasteiger partial charge on any atom is -0.345 e. The summed E-state index contributed by atoms with van der Waals surface area (Å²) < 4.78 is 40.5. The largest absolute Gasteiger partial charge is 0.345 e. The number of sulfonamides is 1. The highest BCUT2D eigenvalue weighted by atomic mass is 35.5. The number of piperazine rings is 1. The first-order chi connectivity index (χ1) is 14.3. The van der Waals surface area contributed by atoms with Crippen LogP contribution in [0.1, 0.15) is 11.3 Å². The van der Waals surface area contributed by atoms with E-state index in [9.17, 15) is 12.8 Å². The fourth-order valence-electron chi connectivity index (χ4n) is 3.29. The van der Waals surface area contributed by atoms with Crippen molar-refractivity contribution < 1.29 is 12.8 Å². The lowest BCUT2D eigenvalue weighted by Gasteiger charge is -2.33. The highest BCUT2D eigenvalue weighted by molar-refractivity contribution is 7.89. The first-order valence-corrected chi connectivity index (χ1v) is 12.3. The molecule has 1 fully saturated rings. The average molecular weight is 486 g/mol. The molecule has 0 N–H and O–H groups in total. The second-order valence-electron chi connectivity index (χ2n) is 6.87. The number of thiazole rings is 1. The van der Waals surface area contributed by atoms with Crippen LogP contribution in [0.15, 0.2) is 52.7 Å². The number of benzene rings is 2. The van der Waals surface area contributed by atoms with E-state index in [2.05, 4.69) is 9.88 Å². The fraction of sp³-hybridized carbons (Fsp3) is 0.250. The summed E-state index contributed by atoms with van der Waals surface area (Å²) in [5.41, 5.74) is 1.75. The monoisotopic (exact) mass is 485 g/mol. The fourth-order valence-corrected chi connectivity index (χ4v) is 6.29. The molecule has 30 heavy (non-hydrogen) atoms. The molecule has 1 aromatic heterocycles. The van der Waals surface area contributed by atoms with Crippen molar-refractivity contribution in [2.75, 3.05) is 31.1 Å². The minimum atomic E-state index is -3.63. The SMILES string of the molecule is O=S(=O)(c1ccccc1Cl)N1CCN(c2nc(Cc3ccc(F)c(Cl)c3)cs2)CC1. The predicted molar refractivity (Wildman–Crippen MR) is 119 cm³/mol. The van der Waals surface area contributed by atoms with E-state index < -0.39 is 15.8 Å². The Balaban J connectivity index is 1.41. The van der Waals surface area contributed by atoms with Crippen LogP contribution in [-0.2, 0) is 16.4 Å². The molecule has 0 saturated carbocycles.